The Labute approximate surface area is 79.7 Å². The summed E-state index contributed by atoms with van der Waals surface area (Å²) in [6, 6.07) is 1.81. The zero-order valence-corrected chi connectivity index (χ0v) is 7.71. The van der Waals surface area contributed by atoms with Gasteiger partial charge in [-0.2, -0.15) is 8.78 Å². The van der Waals surface area contributed by atoms with Gasteiger partial charge in [0, 0.05) is 3.57 Å². The predicted molar refractivity (Wildman–Crippen MR) is 45.7 cm³/mol. The molecule has 64 valence electrons. The fraction of sp³-hybridized carbons (Fsp3) is 0. The number of nitro groups is 1. The Kier molecular flexibility index (Phi) is 2.55. The summed E-state index contributed by atoms with van der Waals surface area (Å²) in [5, 5.41) is 10.1. The fourth-order valence-corrected chi connectivity index (χ4v) is 1.26. The molecule has 0 saturated carbocycles. The molecule has 12 heavy (non-hydrogen) atoms. The van der Waals surface area contributed by atoms with Gasteiger partial charge in [-0.1, -0.05) is 0 Å². The van der Waals surface area contributed by atoms with E-state index in [9.17, 15) is 18.9 Å². The fourth-order valence-electron chi connectivity index (χ4n) is 0.709. The van der Waals surface area contributed by atoms with Gasteiger partial charge in [-0.15, -0.1) is 0 Å². The Hall–Kier alpha value is -0.790. The SMILES string of the molecule is O=[N+]([O-])c1c(F)cc(I)cc1F. The second-order valence-electron chi connectivity index (χ2n) is 1.98. The third-order valence-electron chi connectivity index (χ3n) is 1.16. The van der Waals surface area contributed by atoms with Crippen LogP contribution in [0.2, 0.25) is 0 Å². The first kappa shape index (κ1) is 9.30. The van der Waals surface area contributed by atoms with Crippen LogP contribution < -0.4 is 0 Å². The molecule has 0 saturated heterocycles. The first-order valence-corrected chi connectivity index (χ1v) is 3.89. The Balaban J connectivity index is 3.38. The number of hydrogen-bond acceptors (Lipinski definition) is 2. The largest absolute Gasteiger partial charge is 0.340 e. The number of halogens is 3. The van der Waals surface area contributed by atoms with Crippen molar-refractivity contribution in [3.8, 4) is 0 Å². The maximum atomic E-state index is 12.7. The molecule has 1 aromatic carbocycles. The van der Waals surface area contributed by atoms with Crippen molar-refractivity contribution in [3.05, 3.63) is 37.5 Å². The van der Waals surface area contributed by atoms with Gasteiger partial charge < -0.3 is 0 Å². The minimum absolute atomic E-state index is 0.285. The maximum absolute atomic E-state index is 12.7. The highest BCUT2D eigenvalue weighted by Gasteiger charge is 2.20. The Morgan fingerprint density at radius 3 is 2.08 bits per heavy atom. The van der Waals surface area contributed by atoms with E-state index in [0.717, 1.165) is 12.1 Å². The molecular formula is C6H2F2INO2. The lowest BCUT2D eigenvalue weighted by molar-refractivity contribution is -0.390. The lowest BCUT2D eigenvalue weighted by Crippen LogP contribution is -1.97. The van der Waals surface area contributed by atoms with Gasteiger partial charge in [-0.25, -0.2) is 0 Å². The average Bonchev–Trinajstić information content (AvgIpc) is 1.82. The maximum Gasteiger partial charge on any atom is 0.340 e. The summed E-state index contributed by atoms with van der Waals surface area (Å²) in [5.74, 6) is -2.30. The quantitative estimate of drug-likeness (QED) is 0.452. The van der Waals surface area contributed by atoms with Gasteiger partial charge in [0.1, 0.15) is 0 Å². The summed E-state index contributed by atoms with van der Waals surface area (Å²) in [5.41, 5.74) is -1.10. The molecule has 0 amide bonds. The third kappa shape index (κ3) is 1.68. The molecule has 0 radical (unpaired) electrons. The van der Waals surface area contributed by atoms with Gasteiger partial charge in [-0.05, 0) is 34.7 Å². The molecule has 6 heteroatoms. The van der Waals surface area contributed by atoms with E-state index < -0.39 is 22.2 Å². The van der Waals surface area contributed by atoms with Crippen LogP contribution in [-0.4, -0.2) is 4.92 Å². The second kappa shape index (κ2) is 3.30. The highest BCUT2D eigenvalue weighted by molar-refractivity contribution is 14.1. The molecule has 0 spiro atoms. The molecule has 1 aromatic rings. The van der Waals surface area contributed by atoms with Gasteiger partial charge in [0.25, 0.3) is 0 Å². The molecular weight excluding hydrogens is 283 g/mol. The van der Waals surface area contributed by atoms with Gasteiger partial charge in [0.05, 0.1) is 4.92 Å². The van der Waals surface area contributed by atoms with Gasteiger partial charge in [-0.3, -0.25) is 10.1 Å². The zero-order chi connectivity index (χ0) is 9.30. The highest BCUT2D eigenvalue weighted by atomic mass is 127. The van der Waals surface area contributed by atoms with E-state index in [-0.39, 0.29) is 3.57 Å². The summed E-state index contributed by atoms with van der Waals surface area (Å²) < 4.78 is 25.6. The third-order valence-corrected chi connectivity index (χ3v) is 1.79. The first-order chi connectivity index (χ1) is 5.52. The minimum atomic E-state index is -1.15. The molecule has 0 fully saturated rings. The summed E-state index contributed by atoms with van der Waals surface area (Å²) in [4.78, 5) is 8.99. The van der Waals surface area contributed by atoms with Crippen LogP contribution in [-0.2, 0) is 0 Å². The van der Waals surface area contributed by atoms with Crippen LogP contribution in [0.15, 0.2) is 12.1 Å². The zero-order valence-electron chi connectivity index (χ0n) is 5.55. The summed E-state index contributed by atoms with van der Waals surface area (Å²) in [6.45, 7) is 0. The van der Waals surface area contributed by atoms with Crippen LogP contribution in [0.4, 0.5) is 14.5 Å². The lowest BCUT2D eigenvalue weighted by Gasteiger charge is -1.95. The van der Waals surface area contributed by atoms with Crippen molar-refractivity contribution in [2.24, 2.45) is 0 Å². The van der Waals surface area contributed by atoms with E-state index in [1.807, 2.05) is 0 Å². The van der Waals surface area contributed by atoms with Crippen molar-refractivity contribution in [1.82, 2.24) is 0 Å². The Morgan fingerprint density at radius 2 is 1.75 bits per heavy atom. The standard InChI is InChI=1S/C6H2F2INO2/c7-4-1-3(9)2-5(8)6(4)10(11)12/h1-2H. The van der Waals surface area contributed by atoms with Gasteiger partial charge in [0.2, 0.25) is 11.6 Å². The first-order valence-electron chi connectivity index (χ1n) is 2.81. The average molecular weight is 285 g/mol. The molecule has 0 unspecified atom stereocenters. The minimum Gasteiger partial charge on any atom is -0.258 e. The molecule has 0 aliphatic rings. The van der Waals surface area contributed by atoms with Gasteiger partial charge in [0.15, 0.2) is 0 Å². The monoisotopic (exact) mass is 285 g/mol. The van der Waals surface area contributed by atoms with Crippen molar-refractivity contribution in [2.45, 2.75) is 0 Å². The van der Waals surface area contributed by atoms with E-state index in [4.69, 9.17) is 0 Å². The van der Waals surface area contributed by atoms with Crippen molar-refractivity contribution < 1.29 is 13.7 Å². The van der Waals surface area contributed by atoms with Crippen LogP contribution >= 0.6 is 22.6 Å². The van der Waals surface area contributed by atoms with Crippen LogP contribution in [0.5, 0.6) is 0 Å². The number of nitrogens with zero attached hydrogens (tertiary/aromatic N) is 1. The second-order valence-corrected chi connectivity index (χ2v) is 3.22. The topological polar surface area (TPSA) is 43.1 Å². The molecule has 0 N–H and O–H groups in total. The van der Waals surface area contributed by atoms with E-state index in [1.165, 1.54) is 0 Å². The number of hydrogen-bond donors (Lipinski definition) is 0. The number of rotatable bonds is 1. The van der Waals surface area contributed by atoms with E-state index in [2.05, 4.69) is 0 Å². The number of benzene rings is 1. The molecule has 1 rings (SSSR count). The Bertz CT molecular complexity index is 319. The molecule has 0 aromatic heterocycles. The Morgan fingerprint density at radius 1 is 1.33 bits per heavy atom. The molecule has 0 atom stereocenters. The molecule has 0 aliphatic carbocycles. The van der Waals surface area contributed by atoms with E-state index >= 15 is 0 Å². The van der Waals surface area contributed by atoms with Crippen LogP contribution in [0, 0.1) is 25.3 Å². The normalized spacial score (nSPS) is 9.92. The van der Waals surface area contributed by atoms with Gasteiger partial charge >= 0.3 is 5.69 Å². The molecule has 0 heterocycles. The van der Waals surface area contributed by atoms with Crippen molar-refractivity contribution in [3.63, 3.8) is 0 Å². The predicted octanol–water partition coefficient (Wildman–Crippen LogP) is 2.48. The number of nitro benzene ring substituents is 1. The van der Waals surface area contributed by atoms with Crippen molar-refractivity contribution in [2.75, 3.05) is 0 Å². The molecule has 3 nitrogen and oxygen atoms in total. The van der Waals surface area contributed by atoms with Crippen LogP contribution in [0.3, 0.4) is 0 Å². The summed E-state index contributed by atoms with van der Waals surface area (Å²) in [6.07, 6.45) is 0. The smallest absolute Gasteiger partial charge is 0.258 e. The van der Waals surface area contributed by atoms with Crippen molar-refractivity contribution >= 4 is 28.3 Å². The lowest BCUT2D eigenvalue weighted by atomic mass is 10.3. The molecule has 0 bridgehead atoms. The summed E-state index contributed by atoms with van der Waals surface area (Å²) in [7, 11) is 0. The van der Waals surface area contributed by atoms with E-state index in [1.54, 1.807) is 22.6 Å². The molecule has 0 aliphatic heterocycles. The summed E-state index contributed by atoms with van der Waals surface area (Å²) >= 11 is 1.67. The van der Waals surface area contributed by atoms with E-state index in [0.29, 0.717) is 0 Å². The van der Waals surface area contributed by atoms with Crippen LogP contribution in [0.25, 0.3) is 0 Å². The van der Waals surface area contributed by atoms with Crippen LogP contribution in [0.1, 0.15) is 0 Å². The highest BCUT2D eigenvalue weighted by Crippen LogP contribution is 2.23. The van der Waals surface area contributed by atoms with Crippen molar-refractivity contribution in [1.29, 1.82) is 0 Å².